The molecule has 1 aliphatic carbocycles. The largest absolute Gasteiger partial charge is 0.330 e. The van der Waals surface area contributed by atoms with Gasteiger partial charge in [-0.05, 0) is 64.8 Å². The minimum absolute atomic E-state index is 0.193. The maximum Gasteiger partial charge on any atom is 0.137 e. The smallest absolute Gasteiger partial charge is 0.137 e. The molecule has 2 N–H and O–H groups in total. The Balaban J connectivity index is 2.15. The first kappa shape index (κ1) is 14.0. The Bertz CT molecular complexity index is 397. The molecular formula is C15H21BrFN. The number of hydrogen-bond acceptors (Lipinski definition) is 1. The van der Waals surface area contributed by atoms with Crippen molar-refractivity contribution < 1.29 is 4.39 Å². The number of hydrogen-bond donors (Lipinski definition) is 1. The predicted molar refractivity (Wildman–Crippen MR) is 77.0 cm³/mol. The van der Waals surface area contributed by atoms with Gasteiger partial charge in [0.1, 0.15) is 5.82 Å². The van der Waals surface area contributed by atoms with Crippen LogP contribution in [0.1, 0.15) is 44.1 Å². The summed E-state index contributed by atoms with van der Waals surface area (Å²) in [4.78, 5) is 0. The van der Waals surface area contributed by atoms with E-state index in [9.17, 15) is 4.39 Å². The quantitative estimate of drug-likeness (QED) is 0.821. The summed E-state index contributed by atoms with van der Waals surface area (Å²) >= 11 is 3.26. The molecule has 3 heteroatoms. The first-order valence-corrected chi connectivity index (χ1v) is 7.59. The lowest BCUT2D eigenvalue weighted by Crippen LogP contribution is -2.32. The van der Waals surface area contributed by atoms with Crippen LogP contribution in [0.4, 0.5) is 4.39 Å². The van der Waals surface area contributed by atoms with Crippen molar-refractivity contribution in [1.29, 1.82) is 0 Å². The lowest BCUT2D eigenvalue weighted by atomic mass is 9.75. The highest BCUT2D eigenvalue weighted by Crippen LogP contribution is 2.37. The lowest BCUT2D eigenvalue weighted by Gasteiger charge is -2.31. The molecule has 0 heterocycles. The fourth-order valence-corrected chi connectivity index (χ4v) is 3.44. The summed E-state index contributed by atoms with van der Waals surface area (Å²) in [5.74, 6) is -0.193. The van der Waals surface area contributed by atoms with Crippen molar-refractivity contribution in [3.63, 3.8) is 0 Å². The molecule has 1 saturated carbocycles. The van der Waals surface area contributed by atoms with E-state index < -0.39 is 0 Å². The Morgan fingerprint density at radius 3 is 2.39 bits per heavy atom. The topological polar surface area (TPSA) is 26.0 Å². The maximum atomic E-state index is 13.2. The molecule has 1 aromatic rings. The van der Waals surface area contributed by atoms with E-state index in [1.807, 2.05) is 12.1 Å². The molecule has 0 atom stereocenters. The Hall–Kier alpha value is -0.410. The molecule has 0 bridgehead atoms. The summed E-state index contributed by atoms with van der Waals surface area (Å²) in [5, 5.41) is 0. The summed E-state index contributed by atoms with van der Waals surface area (Å²) in [7, 11) is 0. The highest BCUT2D eigenvalue weighted by molar-refractivity contribution is 9.10. The fourth-order valence-electron chi connectivity index (χ4n) is 3.01. The van der Waals surface area contributed by atoms with Crippen molar-refractivity contribution in [1.82, 2.24) is 0 Å². The van der Waals surface area contributed by atoms with Crippen molar-refractivity contribution >= 4 is 15.9 Å². The summed E-state index contributed by atoms with van der Waals surface area (Å²) in [5.41, 5.74) is 7.46. The van der Waals surface area contributed by atoms with Gasteiger partial charge in [0.25, 0.3) is 0 Å². The standard InChI is InChI=1S/C15H21BrFN/c16-13-9-12(5-6-14(13)17)10-15(11-18)7-3-1-2-4-8-15/h5-6,9H,1-4,7-8,10-11,18H2. The SMILES string of the molecule is NCC1(Cc2ccc(F)c(Br)c2)CCCCCC1. The average Bonchev–Trinajstić information content (AvgIpc) is 2.60. The van der Waals surface area contributed by atoms with Gasteiger partial charge in [-0.3, -0.25) is 0 Å². The van der Waals surface area contributed by atoms with E-state index in [1.54, 1.807) is 6.07 Å². The van der Waals surface area contributed by atoms with Gasteiger partial charge in [-0.25, -0.2) is 4.39 Å². The van der Waals surface area contributed by atoms with Crippen LogP contribution in [-0.2, 0) is 6.42 Å². The Morgan fingerprint density at radius 2 is 1.83 bits per heavy atom. The van der Waals surface area contributed by atoms with Crippen LogP contribution in [0.3, 0.4) is 0 Å². The van der Waals surface area contributed by atoms with Gasteiger partial charge in [-0.2, -0.15) is 0 Å². The van der Waals surface area contributed by atoms with Gasteiger partial charge in [0.15, 0.2) is 0 Å². The van der Waals surface area contributed by atoms with Crippen LogP contribution in [0.25, 0.3) is 0 Å². The van der Waals surface area contributed by atoms with Crippen molar-refractivity contribution in [2.24, 2.45) is 11.1 Å². The second-order valence-electron chi connectivity index (χ2n) is 5.54. The van der Waals surface area contributed by atoms with Gasteiger partial charge in [0, 0.05) is 0 Å². The molecular weight excluding hydrogens is 293 g/mol. The van der Waals surface area contributed by atoms with Crippen LogP contribution in [0.5, 0.6) is 0 Å². The van der Waals surface area contributed by atoms with Gasteiger partial charge in [-0.1, -0.05) is 31.7 Å². The molecule has 18 heavy (non-hydrogen) atoms. The summed E-state index contributed by atoms with van der Waals surface area (Å²) in [6.45, 7) is 0.738. The van der Waals surface area contributed by atoms with Crippen LogP contribution in [0.2, 0.25) is 0 Å². The fraction of sp³-hybridized carbons (Fsp3) is 0.600. The van der Waals surface area contributed by atoms with Gasteiger partial charge < -0.3 is 5.73 Å². The number of nitrogens with two attached hydrogens (primary N) is 1. The molecule has 0 amide bonds. The Labute approximate surface area is 117 Å². The monoisotopic (exact) mass is 313 g/mol. The van der Waals surface area contributed by atoms with Crippen LogP contribution >= 0.6 is 15.9 Å². The highest BCUT2D eigenvalue weighted by Gasteiger charge is 2.29. The van der Waals surface area contributed by atoms with E-state index in [0.717, 1.165) is 13.0 Å². The minimum Gasteiger partial charge on any atom is -0.330 e. The zero-order chi connectivity index (χ0) is 13.0. The van der Waals surface area contributed by atoms with Gasteiger partial charge in [0.2, 0.25) is 0 Å². The Morgan fingerprint density at radius 1 is 1.17 bits per heavy atom. The van der Waals surface area contributed by atoms with E-state index in [-0.39, 0.29) is 11.2 Å². The second kappa shape index (κ2) is 6.16. The Kier molecular flexibility index (Phi) is 4.79. The molecule has 0 unspecified atom stereocenters. The van der Waals surface area contributed by atoms with Gasteiger partial charge in [-0.15, -0.1) is 0 Å². The van der Waals surface area contributed by atoms with Gasteiger partial charge in [0.05, 0.1) is 4.47 Å². The second-order valence-corrected chi connectivity index (χ2v) is 6.40. The third kappa shape index (κ3) is 3.33. The van der Waals surface area contributed by atoms with Crippen LogP contribution < -0.4 is 5.73 Å². The summed E-state index contributed by atoms with van der Waals surface area (Å²) < 4.78 is 13.8. The molecule has 1 nitrogen and oxygen atoms in total. The summed E-state index contributed by atoms with van der Waals surface area (Å²) in [6, 6.07) is 5.33. The zero-order valence-electron chi connectivity index (χ0n) is 10.7. The predicted octanol–water partition coefficient (Wildman–Crippen LogP) is 4.43. The number of rotatable bonds is 3. The van der Waals surface area contributed by atoms with E-state index in [1.165, 1.54) is 44.1 Å². The van der Waals surface area contributed by atoms with Crippen molar-refractivity contribution in [2.75, 3.05) is 6.54 Å². The number of benzene rings is 1. The molecule has 1 aliphatic rings. The molecule has 1 aromatic carbocycles. The third-order valence-corrected chi connectivity index (χ3v) is 4.77. The molecule has 0 radical (unpaired) electrons. The van der Waals surface area contributed by atoms with Crippen LogP contribution in [-0.4, -0.2) is 6.54 Å². The first-order valence-electron chi connectivity index (χ1n) is 6.79. The van der Waals surface area contributed by atoms with Crippen LogP contribution in [0.15, 0.2) is 22.7 Å². The summed E-state index contributed by atoms with van der Waals surface area (Å²) in [6.07, 6.45) is 8.60. The van der Waals surface area contributed by atoms with Crippen LogP contribution in [0, 0.1) is 11.2 Å². The molecule has 2 rings (SSSR count). The van der Waals surface area contributed by atoms with Crippen molar-refractivity contribution in [3.05, 3.63) is 34.1 Å². The molecule has 0 aliphatic heterocycles. The molecule has 0 aromatic heterocycles. The van der Waals surface area contributed by atoms with E-state index >= 15 is 0 Å². The normalized spacial score (nSPS) is 19.5. The maximum absolute atomic E-state index is 13.2. The first-order chi connectivity index (χ1) is 8.65. The number of halogens is 2. The molecule has 100 valence electrons. The van der Waals surface area contributed by atoms with E-state index in [4.69, 9.17) is 5.73 Å². The van der Waals surface area contributed by atoms with E-state index in [2.05, 4.69) is 15.9 Å². The zero-order valence-corrected chi connectivity index (χ0v) is 12.3. The lowest BCUT2D eigenvalue weighted by molar-refractivity contribution is 0.252. The van der Waals surface area contributed by atoms with E-state index in [0.29, 0.717) is 4.47 Å². The van der Waals surface area contributed by atoms with Crippen molar-refractivity contribution in [3.8, 4) is 0 Å². The van der Waals surface area contributed by atoms with Crippen molar-refractivity contribution in [2.45, 2.75) is 44.9 Å². The molecule has 0 spiro atoms. The third-order valence-electron chi connectivity index (χ3n) is 4.16. The molecule has 1 fully saturated rings. The van der Waals surface area contributed by atoms with Gasteiger partial charge >= 0.3 is 0 Å². The minimum atomic E-state index is -0.193. The average molecular weight is 314 g/mol. The molecule has 0 saturated heterocycles. The highest BCUT2D eigenvalue weighted by atomic mass is 79.9.